The number of H-pyrrole nitrogens is 1. The van der Waals surface area contributed by atoms with Crippen LogP contribution in [0.4, 0.5) is 11.5 Å². The molecule has 0 aliphatic heterocycles. The quantitative estimate of drug-likeness (QED) is 0.841. The normalized spacial score (nSPS) is 11.3. The summed E-state index contributed by atoms with van der Waals surface area (Å²) < 4.78 is 26.4. The zero-order valence-corrected chi connectivity index (χ0v) is 12.2. The molecule has 2 rings (SSSR count). The van der Waals surface area contributed by atoms with E-state index in [4.69, 9.17) is 0 Å². The van der Waals surface area contributed by atoms with Crippen molar-refractivity contribution < 1.29 is 8.42 Å². The summed E-state index contributed by atoms with van der Waals surface area (Å²) in [7, 11) is -3.64. The average Bonchev–Trinajstić information content (AvgIpc) is 2.96. The van der Waals surface area contributed by atoms with Gasteiger partial charge in [-0.3, -0.25) is 4.72 Å². The van der Waals surface area contributed by atoms with Gasteiger partial charge in [-0.05, 0) is 26.0 Å². The predicted molar refractivity (Wildman–Crippen MR) is 77.2 cm³/mol. The number of anilines is 2. The second-order valence-corrected chi connectivity index (χ2v) is 5.75. The number of aromatic nitrogens is 3. The van der Waals surface area contributed by atoms with Crippen LogP contribution in [0.25, 0.3) is 0 Å². The number of hydrogen-bond donors (Lipinski definition) is 2. The topological polar surface area (TPSA) is 91.0 Å². The van der Waals surface area contributed by atoms with Crippen molar-refractivity contribution in [3.63, 3.8) is 0 Å². The highest BCUT2D eigenvalue weighted by atomic mass is 32.2. The molecule has 0 saturated heterocycles. The van der Waals surface area contributed by atoms with Crippen LogP contribution in [-0.4, -0.2) is 36.5 Å². The van der Waals surface area contributed by atoms with Gasteiger partial charge in [0.15, 0.2) is 5.03 Å². The minimum absolute atomic E-state index is 0.0188. The number of hydrogen-bond acceptors (Lipinski definition) is 5. The Morgan fingerprint density at radius 3 is 2.50 bits per heavy atom. The largest absolute Gasteiger partial charge is 0.357 e. The van der Waals surface area contributed by atoms with Gasteiger partial charge in [-0.25, -0.2) is 9.97 Å². The van der Waals surface area contributed by atoms with E-state index in [1.807, 2.05) is 13.8 Å². The number of imidazole rings is 1. The fourth-order valence-corrected chi connectivity index (χ4v) is 2.73. The van der Waals surface area contributed by atoms with Crippen molar-refractivity contribution in [1.29, 1.82) is 0 Å². The molecule has 0 aliphatic rings. The van der Waals surface area contributed by atoms with E-state index in [1.54, 1.807) is 12.1 Å². The molecule has 0 amide bonds. The molecular formula is C12H17N5O2S. The van der Waals surface area contributed by atoms with E-state index in [0.29, 0.717) is 5.69 Å². The minimum Gasteiger partial charge on any atom is -0.357 e. The summed E-state index contributed by atoms with van der Waals surface area (Å²) in [6.07, 6.45) is 4.07. The van der Waals surface area contributed by atoms with Crippen LogP contribution in [0.15, 0.2) is 35.9 Å². The van der Waals surface area contributed by atoms with Crippen molar-refractivity contribution in [2.45, 2.75) is 18.9 Å². The van der Waals surface area contributed by atoms with Gasteiger partial charge in [-0.2, -0.15) is 8.42 Å². The lowest BCUT2D eigenvalue weighted by molar-refractivity contribution is 0.598. The molecule has 0 unspecified atom stereocenters. The molecule has 0 atom stereocenters. The lowest BCUT2D eigenvalue weighted by atomic mass is 10.4. The van der Waals surface area contributed by atoms with Crippen LogP contribution in [0.2, 0.25) is 0 Å². The number of rotatable bonds is 6. The summed E-state index contributed by atoms with van der Waals surface area (Å²) in [5.41, 5.74) is 0.413. The summed E-state index contributed by atoms with van der Waals surface area (Å²) >= 11 is 0. The van der Waals surface area contributed by atoms with Crippen LogP contribution >= 0.6 is 0 Å². The Bertz CT molecular complexity index is 633. The SMILES string of the molecule is CCN(CC)c1ccc(NS(=O)(=O)c2cnc[nH]2)cn1. The van der Waals surface area contributed by atoms with E-state index < -0.39 is 10.0 Å². The second kappa shape index (κ2) is 5.91. The van der Waals surface area contributed by atoms with Gasteiger partial charge in [0.25, 0.3) is 10.0 Å². The van der Waals surface area contributed by atoms with Crippen molar-refractivity contribution in [1.82, 2.24) is 15.0 Å². The first-order valence-corrected chi connectivity index (χ1v) is 7.77. The number of pyridine rings is 1. The van der Waals surface area contributed by atoms with Gasteiger partial charge in [0.05, 0.1) is 24.4 Å². The van der Waals surface area contributed by atoms with Crippen molar-refractivity contribution in [2.75, 3.05) is 22.7 Å². The Morgan fingerprint density at radius 1 is 1.25 bits per heavy atom. The molecule has 108 valence electrons. The molecule has 7 nitrogen and oxygen atoms in total. The molecule has 0 bridgehead atoms. The van der Waals surface area contributed by atoms with Crippen LogP contribution in [0.5, 0.6) is 0 Å². The molecule has 20 heavy (non-hydrogen) atoms. The number of aromatic amines is 1. The first kappa shape index (κ1) is 14.3. The summed E-state index contributed by atoms with van der Waals surface area (Å²) in [6, 6.07) is 3.48. The first-order chi connectivity index (χ1) is 9.56. The molecule has 8 heteroatoms. The predicted octanol–water partition coefficient (Wildman–Crippen LogP) is 1.45. The molecular weight excluding hydrogens is 278 g/mol. The Kier molecular flexibility index (Phi) is 4.23. The monoisotopic (exact) mass is 295 g/mol. The third-order valence-electron chi connectivity index (χ3n) is 2.85. The number of sulfonamides is 1. The summed E-state index contributed by atoms with van der Waals surface area (Å²) in [6.45, 7) is 5.78. The fourth-order valence-electron chi connectivity index (χ4n) is 1.78. The molecule has 0 saturated carbocycles. The molecule has 0 aromatic carbocycles. The third kappa shape index (κ3) is 3.08. The third-order valence-corrected chi connectivity index (χ3v) is 4.16. The first-order valence-electron chi connectivity index (χ1n) is 6.29. The van der Waals surface area contributed by atoms with E-state index in [2.05, 4.69) is 24.6 Å². The molecule has 0 aliphatic carbocycles. The highest BCUT2D eigenvalue weighted by Gasteiger charge is 2.15. The molecule has 0 spiro atoms. The summed E-state index contributed by atoms with van der Waals surface area (Å²) in [5.74, 6) is 0.819. The minimum atomic E-state index is -3.64. The maximum atomic E-state index is 12.0. The highest BCUT2D eigenvalue weighted by molar-refractivity contribution is 7.92. The number of nitrogens with zero attached hydrogens (tertiary/aromatic N) is 3. The zero-order valence-electron chi connectivity index (χ0n) is 11.4. The maximum Gasteiger partial charge on any atom is 0.279 e. The van der Waals surface area contributed by atoms with E-state index >= 15 is 0 Å². The van der Waals surface area contributed by atoms with Gasteiger partial charge in [0.2, 0.25) is 0 Å². The summed E-state index contributed by atoms with van der Waals surface area (Å²) in [5, 5.41) is 0.0188. The van der Waals surface area contributed by atoms with Gasteiger partial charge in [-0.1, -0.05) is 0 Å². The molecule has 0 fully saturated rings. The maximum absolute atomic E-state index is 12.0. The zero-order chi connectivity index (χ0) is 14.6. The van der Waals surface area contributed by atoms with Crippen LogP contribution in [0, 0.1) is 0 Å². The van der Waals surface area contributed by atoms with Crippen LogP contribution in [0.3, 0.4) is 0 Å². The van der Waals surface area contributed by atoms with E-state index in [1.165, 1.54) is 18.7 Å². The van der Waals surface area contributed by atoms with E-state index in [0.717, 1.165) is 18.9 Å². The summed E-state index contributed by atoms with van der Waals surface area (Å²) in [4.78, 5) is 12.6. The van der Waals surface area contributed by atoms with Gasteiger partial charge in [0.1, 0.15) is 5.82 Å². The van der Waals surface area contributed by atoms with Crippen LogP contribution in [-0.2, 0) is 10.0 Å². The Morgan fingerprint density at radius 2 is 2.00 bits per heavy atom. The lowest BCUT2D eigenvalue weighted by Gasteiger charge is -2.19. The van der Waals surface area contributed by atoms with Crippen molar-refractivity contribution in [3.05, 3.63) is 30.9 Å². The smallest absolute Gasteiger partial charge is 0.279 e. The van der Waals surface area contributed by atoms with Crippen molar-refractivity contribution in [2.24, 2.45) is 0 Å². The van der Waals surface area contributed by atoms with Gasteiger partial charge < -0.3 is 9.88 Å². The molecule has 2 aromatic heterocycles. The Hall–Kier alpha value is -2.09. The standard InChI is InChI=1S/C12H17N5O2S/c1-3-17(4-2)11-6-5-10(7-14-11)16-20(18,19)12-8-13-9-15-12/h5-9,16H,3-4H2,1-2H3,(H,13,15). The average molecular weight is 295 g/mol. The van der Waals surface area contributed by atoms with E-state index in [9.17, 15) is 8.42 Å². The Labute approximate surface area is 118 Å². The van der Waals surface area contributed by atoms with Crippen LogP contribution in [0.1, 0.15) is 13.8 Å². The van der Waals surface area contributed by atoms with Gasteiger partial charge in [0, 0.05) is 13.1 Å². The van der Waals surface area contributed by atoms with E-state index in [-0.39, 0.29) is 5.03 Å². The highest BCUT2D eigenvalue weighted by Crippen LogP contribution is 2.16. The molecule has 0 radical (unpaired) electrons. The molecule has 2 heterocycles. The van der Waals surface area contributed by atoms with Crippen molar-refractivity contribution in [3.8, 4) is 0 Å². The molecule has 2 aromatic rings. The van der Waals surface area contributed by atoms with Gasteiger partial charge in [-0.15, -0.1) is 0 Å². The Balaban J connectivity index is 2.15. The second-order valence-electron chi connectivity index (χ2n) is 4.10. The van der Waals surface area contributed by atoms with Gasteiger partial charge >= 0.3 is 0 Å². The number of nitrogens with one attached hydrogen (secondary N) is 2. The van der Waals surface area contributed by atoms with Crippen LogP contribution < -0.4 is 9.62 Å². The lowest BCUT2D eigenvalue weighted by Crippen LogP contribution is -2.23. The molecule has 2 N–H and O–H groups in total. The van der Waals surface area contributed by atoms with Crippen molar-refractivity contribution >= 4 is 21.5 Å². The fraction of sp³-hybridized carbons (Fsp3) is 0.333.